The summed E-state index contributed by atoms with van der Waals surface area (Å²) in [6.07, 6.45) is 4.27. The van der Waals surface area contributed by atoms with Gasteiger partial charge in [-0.15, -0.1) is 0 Å². The van der Waals surface area contributed by atoms with Gasteiger partial charge in [0.05, 0.1) is 0 Å². The molecule has 1 heterocycles. The van der Waals surface area contributed by atoms with Gasteiger partial charge in [0.1, 0.15) is 0 Å². The van der Waals surface area contributed by atoms with Crippen molar-refractivity contribution in [1.82, 2.24) is 5.73 Å². The molecule has 0 unspecified atom stereocenters. The fraction of sp³-hybridized carbons (Fsp3) is 0.444. The van der Waals surface area contributed by atoms with Crippen LogP contribution in [0.2, 0.25) is 26.2 Å². The van der Waals surface area contributed by atoms with Crippen molar-refractivity contribution in [3.05, 3.63) is 51.6 Å². The number of fused-ring (bicyclic) bond motifs is 3. The van der Waals surface area contributed by atoms with Crippen LogP contribution in [-0.2, 0) is 16.0 Å². The van der Waals surface area contributed by atoms with E-state index < -0.39 is 22.5 Å². The van der Waals surface area contributed by atoms with Gasteiger partial charge in [-0.25, -0.2) is 0 Å². The van der Waals surface area contributed by atoms with Gasteiger partial charge in [0, 0.05) is 5.56 Å². The minimum Gasteiger partial charge on any atom is -0.449 e. The lowest BCUT2D eigenvalue weighted by Crippen LogP contribution is -2.66. The van der Waals surface area contributed by atoms with Gasteiger partial charge in [0.2, 0.25) is 16.6 Å². The van der Waals surface area contributed by atoms with E-state index in [1.807, 2.05) is 6.07 Å². The summed E-state index contributed by atoms with van der Waals surface area (Å²) in [5.74, 6) is -0.587. The molecule has 1 aliphatic carbocycles. The maximum absolute atomic E-state index is 12.8. The van der Waals surface area contributed by atoms with E-state index in [2.05, 4.69) is 79.0 Å². The van der Waals surface area contributed by atoms with E-state index in [9.17, 15) is 4.79 Å². The molecule has 2 aliphatic rings. The summed E-state index contributed by atoms with van der Waals surface area (Å²) in [6.45, 7) is 20.1. The zero-order valence-electron chi connectivity index (χ0n) is 21.0. The fourth-order valence-corrected chi connectivity index (χ4v) is 15.3. The summed E-state index contributed by atoms with van der Waals surface area (Å²) in [6, 6.07) is 6.62. The van der Waals surface area contributed by atoms with Crippen LogP contribution in [-0.4, -0.2) is 22.5 Å². The molecule has 1 aliphatic heterocycles. The van der Waals surface area contributed by atoms with Crippen LogP contribution in [0.4, 0.5) is 0 Å². The number of hydrogen-bond donors (Lipinski definition) is 0. The molecule has 3 nitrogen and oxygen atoms in total. The molecular weight excluding hydrogens is 426 g/mol. The SMILES string of the molecule is CCC1=Cc2cc(C(C)(C)C)cc(-c3c(C([NH])=O)cc4c(C)c3[Si](C)(C)O[Si]4(C)C)c2C1. The summed E-state index contributed by atoms with van der Waals surface area (Å²) < 4.78 is 6.87. The first-order valence-corrected chi connectivity index (χ1v) is 17.5. The normalized spacial score (nSPS) is 18.3. The predicted octanol–water partition coefficient (Wildman–Crippen LogP) is 5.59. The van der Waals surface area contributed by atoms with Gasteiger partial charge < -0.3 is 4.12 Å². The summed E-state index contributed by atoms with van der Waals surface area (Å²) in [5, 5.41) is 2.39. The molecule has 1 amide bonds. The van der Waals surface area contributed by atoms with E-state index >= 15 is 0 Å². The molecule has 2 aromatic rings. The first-order chi connectivity index (χ1) is 14.7. The van der Waals surface area contributed by atoms with Crippen molar-refractivity contribution < 1.29 is 8.91 Å². The lowest BCUT2D eigenvalue weighted by molar-refractivity contribution is 0.0993. The van der Waals surface area contributed by atoms with Crippen molar-refractivity contribution in [2.24, 2.45) is 0 Å². The van der Waals surface area contributed by atoms with Crippen LogP contribution < -0.4 is 16.1 Å². The third-order valence-electron chi connectivity index (χ3n) is 7.23. The summed E-state index contributed by atoms with van der Waals surface area (Å²) in [7, 11) is -4.39. The highest BCUT2D eigenvalue weighted by Crippen LogP contribution is 2.41. The van der Waals surface area contributed by atoms with Gasteiger partial charge in [-0.1, -0.05) is 51.5 Å². The molecule has 2 bridgehead atoms. The highest BCUT2D eigenvalue weighted by atomic mass is 28.4. The second kappa shape index (κ2) is 7.27. The number of hydrogen-bond acceptors (Lipinski definition) is 2. The van der Waals surface area contributed by atoms with Gasteiger partial charge in [0.15, 0.2) is 0 Å². The lowest BCUT2D eigenvalue weighted by atomic mass is 9.81. The molecule has 2 aromatic carbocycles. The highest BCUT2D eigenvalue weighted by Gasteiger charge is 2.46. The van der Waals surface area contributed by atoms with E-state index in [-0.39, 0.29) is 5.41 Å². The van der Waals surface area contributed by atoms with Crippen molar-refractivity contribution in [2.75, 3.05) is 0 Å². The highest BCUT2D eigenvalue weighted by molar-refractivity contribution is 7.00. The zero-order valence-corrected chi connectivity index (χ0v) is 23.0. The number of amides is 1. The van der Waals surface area contributed by atoms with Crippen LogP contribution in [0.3, 0.4) is 0 Å². The van der Waals surface area contributed by atoms with Crippen molar-refractivity contribution in [3.8, 4) is 11.1 Å². The second-order valence-corrected chi connectivity index (χ2v) is 19.4. The molecule has 0 saturated carbocycles. The van der Waals surface area contributed by atoms with Gasteiger partial charge in [-0.2, -0.15) is 0 Å². The molecule has 1 N–H and O–H groups in total. The van der Waals surface area contributed by atoms with E-state index in [4.69, 9.17) is 9.85 Å². The molecule has 32 heavy (non-hydrogen) atoms. The summed E-state index contributed by atoms with van der Waals surface area (Å²) in [5.41, 5.74) is 17.4. The predicted molar refractivity (Wildman–Crippen MR) is 140 cm³/mol. The Balaban J connectivity index is 2.15. The van der Waals surface area contributed by atoms with Gasteiger partial charge in [-0.05, 0) is 101 Å². The van der Waals surface area contributed by atoms with Crippen molar-refractivity contribution in [2.45, 2.75) is 79.1 Å². The largest absolute Gasteiger partial charge is 0.449 e. The van der Waals surface area contributed by atoms with E-state index in [0.717, 1.165) is 24.0 Å². The van der Waals surface area contributed by atoms with Crippen molar-refractivity contribution >= 4 is 39.0 Å². The second-order valence-electron chi connectivity index (χ2n) is 11.5. The first kappa shape index (κ1) is 23.2. The first-order valence-electron chi connectivity index (χ1n) is 11.7. The van der Waals surface area contributed by atoms with Crippen molar-refractivity contribution in [1.29, 1.82) is 0 Å². The van der Waals surface area contributed by atoms with E-state index in [0.29, 0.717) is 5.56 Å². The molecule has 0 atom stereocenters. The standard InChI is InChI=1S/C27H36NO2Si2/c1-10-17-11-18-13-19(27(3,4)5)14-21(20(18)12-17)24-22(26(28)29)15-23-16(2)25(24)32(8,9)30-31(23,6)7/h11,13-15,28H,10,12H2,1-9H3. The Morgan fingerprint density at radius 3 is 2.31 bits per heavy atom. The quantitative estimate of drug-likeness (QED) is 0.559. The number of nitrogens with one attached hydrogen (secondary N) is 1. The lowest BCUT2D eigenvalue weighted by Gasteiger charge is -2.43. The topological polar surface area (TPSA) is 50.1 Å². The van der Waals surface area contributed by atoms with Crippen LogP contribution >= 0.6 is 0 Å². The number of carbonyl (C=O) groups excluding carboxylic acids is 1. The number of rotatable bonds is 3. The zero-order chi connectivity index (χ0) is 23.8. The van der Waals surface area contributed by atoms with Crippen LogP contribution in [0.25, 0.3) is 17.2 Å². The number of benzene rings is 2. The summed E-state index contributed by atoms with van der Waals surface area (Å²) in [4.78, 5) is 12.8. The Kier molecular flexibility index (Phi) is 5.27. The third kappa shape index (κ3) is 3.55. The molecule has 0 aromatic heterocycles. The van der Waals surface area contributed by atoms with Crippen LogP contribution in [0, 0.1) is 6.92 Å². The van der Waals surface area contributed by atoms with E-state index in [1.54, 1.807) is 0 Å². The van der Waals surface area contributed by atoms with Gasteiger partial charge in [0.25, 0.3) is 5.91 Å². The van der Waals surface area contributed by atoms with Gasteiger partial charge >= 0.3 is 0 Å². The molecule has 0 fully saturated rings. The third-order valence-corrected chi connectivity index (χ3v) is 15.0. The fourth-order valence-electron chi connectivity index (χ4n) is 5.76. The number of carbonyl (C=O) groups is 1. The van der Waals surface area contributed by atoms with Gasteiger partial charge in [-0.3, -0.25) is 10.5 Å². The van der Waals surface area contributed by atoms with Crippen molar-refractivity contribution in [3.63, 3.8) is 0 Å². The Bertz CT molecular complexity index is 1180. The van der Waals surface area contributed by atoms with Crippen LogP contribution in [0.15, 0.2) is 23.8 Å². The monoisotopic (exact) mass is 462 g/mol. The van der Waals surface area contributed by atoms with Crippen LogP contribution in [0.5, 0.6) is 0 Å². The average molecular weight is 463 g/mol. The number of allylic oxidation sites excluding steroid dienone is 1. The Labute approximate surface area is 195 Å². The molecule has 0 spiro atoms. The average Bonchev–Trinajstić information content (AvgIpc) is 3.06. The van der Waals surface area contributed by atoms with E-state index in [1.165, 1.54) is 38.2 Å². The molecule has 5 heteroatoms. The molecule has 4 rings (SSSR count). The maximum Gasteiger partial charge on any atom is 0.270 e. The smallest absolute Gasteiger partial charge is 0.270 e. The molecule has 1 radical (unpaired) electrons. The molecule has 169 valence electrons. The summed E-state index contributed by atoms with van der Waals surface area (Å²) >= 11 is 0. The minimum atomic E-state index is -2.27. The molecular formula is C27H36NO2Si2. The Morgan fingerprint density at radius 1 is 1.09 bits per heavy atom. The Hall–Kier alpha value is -1.96. The molecule has 0 saturated heterocycles. The Morgan fingerprint density at radius 2 is 1.75 bits per heavy atom. The maximum atomic E-state index is 12.8. The minimum absolute atomic E-state index is 0.0116. The van der Waals surface area contributed by atoms with Crippen LogP contribution in [0.1, 0.15) is 66.7 Å².